The molecule has 3 atom stereocenters. The number of carbonyl (C=O) groups excluding carboxylic acids is 4. The quantitative estimate of drug-likeness (QED) is 0.0232. The van der Waals surface area contributed by atoms with Crippen LogP contribution in [0.3, 0.4) is 0 Å². The van der Waals surface area contributed by atoms with Gasteiger partial charge in [-0.15, -0.1) is 15.3 Å². The van der Waals surface area contributed by atoms with Gasteiger partial charge in [0.1, 0.15) is 11.2 Å². The van der Waals surface area contributed by atoms with Crippen LogP contribution < -0.4 is 38.8 Å². The van der Waals surface area contributed by atoms with E-state index >= 15 is 0 Å². The van der Waals surface area contributed by atoms with E-state index in [-0.39, 0.29) is 61.1 Å². The smallest absolute Gasteiger partial charge is 0.407 e. The first kappa shape index (κ1) is 90.6. The lowest BCUT2D eigenvalue weighted by molar-refractivity contribution is 0.0509. The van der Waals surface area contributed by atoms with E-state index in [1.807, 2.05) is 305 Å². The molecule has 615 valence electrons. The molecule has 3 radical (unpaired) electrons. The maximum atomic E-state index is 14.2. The third-order valence-corrected chi connectivity index (χ3v) is 19.0. The summed E-state index contributed by atoms with van der Waals surface area (Å²) in [7, 11) is 0. The van der Waals surface area contributed by atoms with Crippen molar-refractivity contribution >= 4 is 32.4 Å². The van der Waals surface area contributed by atoms with Crippen molar-refractivity contribution in [2.75, 3.05) is 39.3 Å². The molecular formula is C92H115BN15O9. The van der Waals surface area contributed by atoms with E-state index in [0.717, 1.165) is 33.5 Å². The molecule has 25 heteroatoms. The van der Waals surface area contributed by atoms with Crippen molar-refractivity contribution < 1.29 is 28.7 Å². The van der Waals surface area contributed by atoms with Gasteiger partial charge >= 0.3 is 29.3 Å². The predicted octanol–water partition coefficient (Wildman–Crippen LogP) is 14.6. The molecule has 0 aliphatic carbocycles. The molecule has 3 aromatic heterocycles. The summed E-state index contributed by atoms with van der Waals surface area (Å²) in [6, 6.07) is 71.6. The number of hydrogen-bond acceptors (Lipinski definition) is 14. The Morgan fingerprint density at radius 2 is 0.701 bits per heavy atom. The van der Waals surface area contributed by atoms with Gasteiger partial charge in [-0.25, -0.2) is 24.0 Å². The molecule has 3 unspecified atom stereocenters. The van der Waals surface area contributed by atoms with Crippen LogP contribution in [0.25, 0.3) is 17.1 Å². The fourth-order valence-corrected chi connectivity index (χ4v) is 13.4. The van der Waals surface area contributed by atoms with Gasteiger partial charge in [0.2, 0.25) is 0 Å². The van der Waals surface area contributed by atoms with Crippen LogP contribution in [0.1, 0.15) is 186 Å². The summed E-state index contributed by atoms with van der Waals surface area (Å²) in [5.74, 6) is 1.57. The minimum absolute atomic E-state index is 0. The Balaban J connectivity index is 0.000000220. The highest BCUT2D eigenvalue weighted by Crippen LogP contribution is 2.33. The molecule has 11 rings (SSSR count). The zero-order valence-corrected chi connectivity index (χ0v) is 70.1. The van der Waals surface area contributed by atoms with Gasteiger partial charge < -0.3 is 41.0 Å². The highest BCUT2D eigenvalue weighted by molar-refractivity contribution is 5.95. The molecule has 8 aromatic carbocycles. The third-order valence-electron chi connectivity index (χ3n) is 19.0. The van der Waals surface area contributed by atoms with Gasteiger partial charge in [-0.2, -0.15) is 14.0 Å². The van der Waals surface area contributed by atoms with Crippen LogP contribution in [-0.2, 0) is 29.1 Å². The molecule has 0 bridgehead atoms. The van der Waals surface area contributed by atoms with E-state index in [1.54, 1.807) is 18.6 Å². The summed E-state index contributed by atoms with van der Waals surface area (Å²) in [4.78, 5) is 97.1. The van der Waals surface area contributed by atoms with Crippen molar-refractivity contribution in [2.24, 2.45) is 23.5 Å². The fraction of sp³-hybridized carbons (Fsp3) is 0.370. The predicted molar refractivity (Wildman–Crippen MR) is 462 cm³/mol. The number of para-hydroxylation sites is 3. The molecular weight excluding hydrogens is 1470 g/mol. The highest BCUT2D eigenvalue weighted by Gasteiger charge is 2.37. The minimum atomic E-state index is -0.611. The van der Waals surface area contributed by atoms with Gasteiger partial charge in [-0.05, 0) is 183 Å². The second-order valence-electron chi connectivity index (χ2n) is 31.9. The van der Waals surface area contributed by atoms with Gasteiger partial charge in [-0.3, -0.25) is 23.3 Å². The van der Waals surface area contributed by atoms with Crippen LogP contribution in [0.2, 0.25) is 0 Å². The second kappa shape index (κ2) is 43.1. The summed E-state index contributed by atoms with van der Waals surface area (Å²) in [6.07, 6.45) is 0.903. The molecule has 4 amide bonds. The first-order valence-corrected chi connectivity index (χ1v) is 40.0. The number of nitrogens with zero attached hydrogens (tertiary/aromatic N) is 11. The number of amides is 4. The van der Waals surface area contributed by atoms with Gasteiger partial charge in [0.25, 0.3) is 11.8 Å². The molecule has 3 heterocycles. The summed E-state index contributed by atoms with van der Waals surface area (Å²) >= 11 is 0. The van der Waals surface area contributed by atoms with E-state index in [4.69, 9.17) is 30.5 Å². The number of benzene rings is 8. The second-order valence-corrected chi connectivity index (χ2v) is 31.9. The lowest BCUT2D eigenvalue weighted by Gasteiger charge is -2.34. The first-order valence-electron chi connectivity index (χ1n) is 40.0. The zero-order valence-electron chi connectivity index (χ0n) is 70.1. The molecule has 0 saturated carbocycles. The average molecular weight is 1590 g/mol. The summed E-state index contributed by atoms with van der Waals surface area (Å²) in [5, 5.41) is 23.7. The van der Waals surface area contributed by atoms with Crippen LogP contribution in [0.15, 0.2) is 245 Å². The summed E-state index contributed by atoms with van der Waals surface area (Å²) in [5.41, 5.74) is 12.4. The number of rotatable bonds is 31. The van der Waals surface area contributed by atoms with E-state index in [1.165, 1.54) is 14.0 Å². The van der Waals surface area contributed by atoms with Gasteiger partial charge in [0.05, 0.1) is 54.8 Å². The fourth-order valence-electron chi connectivity index (χ4n) is 13.4. The lowest BCUT2D eigenvalue weighted by atomic mass is 9.99. The van der Waals surface area contributed by atoms with Crippen molar-refractivity contribution in [2.45, 2.75) is 165 Å². The maximum Gasteiger partial charge on any atom is 0.407 e. The molecule has 117 heavy (non-hydrogen) atoms. The SMILES string of the molecule is CC(C)C(NCCCNC(=O)OC(C)(C)C)c1nn(-c2ccccc2)c(=O)n1Cc1ccccc1.Cc1ccc(C(=O)N(CCCN)C(c2nn(-c3ccccc3)c(=O)n2Cc2ccccc2)C(C)C)cc1.Cc1ccc(C(=O)N(CCCNC(=O)OC(C)(C)C)C(c2nn(-c3ccccc3)c(=O)n2Cc2ccccc2)C(C)C)cc1.[B]. The molecule has 5 N–H and O–H groups in total. The maximum absolute atomic E-state index is 14.2. The highest BCUT2D eigenvalue weighted by atomic mass is 16.6. The van der Waals surface area contributed by atoms with Crippen molar-refractivity contribution in [3.8, 4) is 17.1 Å². The number of ether oxygens (including phenoxy) is 2. The molecule has 24 nitrogen and oxygen atoms in total. The van der Waals surface area contributed by atoms with E-state index in [0.29, 0.717) is 118 Å². The minimum Gasteiger partial charge on any atom is -0.444 e. The Bertz CT molecular complexity index is 5090. The topological polar surface area (TPSA) is 275 Å². The van der Waals surface area contributed by atoms with Crippen LogP contribution in [0.4, 0.5) is 9.59 Å². The van der Waals surface area contributed by atoms with Crippen molar-refractivity contribution in [3.05, 3.63) is 318 Å². The van der Waals surface area contributed by atoms with Crippen LogP contribution in [0, 0.1) is 31.6 Å². The Morgan fingerprint density at radius 1 is 0.402 bits per heavy atom. The van der Waals surface area contributed by atoms with Crippen molar-refractivity contribution in [1.82, 2.24) is 68.8 Å². The summed E-state index contributed by atoms with van der Waals surface area (Å²) < 4.78 is 20.1. The first-order chi connectivity index (χ1) is 55.5. The molecule has 11 aromatic rings. The van der Waals surface area contributed by atoms with Gasteiger partial charge in [-0.1, -0.05) is 223 Å². The number of alkyl carbamates (subject to hydrolysis) is 2. The normalized spacial score (nSPS) is 12.1. The van der Waals surface area contributed by atoms with Crippen LogP contribution in [0.5, 0.6) is 0 Å². The van der Waals surface area contributed by atoms with Gasteiger partial charge in [0.15, 0.2) is 17.5 Å². The average Bonchev–Trinajstić information content (AvgIpc) is 1.64. The molecule has 0 aliphatic rings. The number of aryl methyl sites for hydroxylation is 2. The third kappa shape index (κ3) is 25.8. The number of hydrogen-bond donors (Lipinski definition) is 4. The number of nitrogens with one attached hydrogen (secondary N) is 3. The Morgan fingerprint density at radius 3 is 1.01 bits per heavy atom. The Kier molecular flexibility index (Phi) is 33.4. The van der Waals surface area contributed by atoms with Crippen LogP contribution in [-0.4, -0.2) is 136 Å². The van der Waals surface area contributed by atoms with Gasteiger partial charge in [0, 0.05) is 45.7 Å². The van der Waals surface area contributed by atoms with E-state index < -0.39 is 35.5 Å². The Hall–Kier alpha value is -12.0. The lowest BCUT2D eigenvalue weighted by Crippen LogP contribution is -2.41. The largest absolute Gasteiger partial charge is 0.444 e. The van der Waals surface area contributed by atoms with E-state index in [9.17, 15) is 33.6 Å². The number of carbonyl (C=O) groups is 4. The number of aromatic nitrogens is 9. The molecule has 0 spiro atoms. The van der Waals surface area contributed by atoms with Crippen molar-refractivity contribution in [1.29, 1.82) is 0 Å². The van der Waals surface area contributed by atoms with E-state index in [2.05, 4.69) is 43.6 Å². The Labute approximate surface area is 689 Å². The molecule has 0 aliphatic heterocycles. The zero-order chi connectivity index (χ0) is 83.6. The number of nitrogens with two attached hydrogens (primary N) is 1. The standard InChI is InChI=1S/C35H43N5O4.C30H35N5O2.C27H37N5O3.B/c1-25(2)30(31-37-40(29-16-11-8-12-17-29)34(43)39(31)24-27-14-9-7-10-15-27)38(32(41)28-20-18-26(3)19-21-28)23-13-22-36-33(42)44-35(4,5)6;1-22(2)27(33(20-10-19-31)29(36)25-17-15-23(3)16-18-25)28-32-35(26-13-8-5-9-14-26)30(37)34(28)21-24-11-6-4-7-12-24;1-20(2)23(28-17-12-18-29-25(33)35-27(3,4)5)24-30-32(22-15-10-7-11-16-22)26(34)31(24)19-21-13-8-6-9-14-21;/h7-12,14-21,25,30H,13,22-24H2,1-6H3,(H,36,42);4-9,11-18,22,27H,10,19-21,31H2,1-3H3;6-11,13-16,20,23,28H,12,17-19H2,1-5H3,(H,29,33);. The monoisotopic (exact) mass is 1580 g/mol. The van der Waals surface area contributed by atoms with Crippen LogP contribution >= 0.6 is 0 Å². The summed E-state index contributed by atoms with van der Waals surface area (Å²) in [6.45, 7) is 31.1. The van der Waals surface area contributed by atoms with Crippen molar-refractivity contribution in [3.63, 3.8) is 0 Å². The molecule has 0 saturated heterocycles. The molecule has 0 fully saturated rings.